The van der Waals surface area contributed by atoms with Gasteiger partial charge >= 0.3 is 5.97 Å². The molecule has 0 amide bonds. The lowest BCUT2D eigenvalue weighted by atomic mass is 10.2. The van der Waals surface area contributed by atoms with Crippen LogP contribution in [0.1, 0.15) is 10.5 Å². The van der Waals surface area contributed by atoms with E-state index in [1.165, 1.54) is 6.07 Å². The molecule has 3 heterocycles. The van der Waals surface area contributed by atoms with Crippen LogP contribution in [-0.2, 0) is 11.3 Å². The Morgan fingerprint density at radius 3 is 3.10 bits per heavy atom. The molecule has 0 aromatic carbocycles. The maximum absolute atomic E-state index is 11.0. The third-order valence-electron chi connectivity index (χ3n) is 3.37. The maximum atomic E-state index is 11.0. The van der Waals surface area contributed by atoms with E-state index in [-0.39, 0.29) is 11.8 Å². The van der Waals surface area contributed by atoms with E-state index in [1.54, 1.807) is 12.3 Å². The molecule has 1 unspecified atom stereocenters. The second kappa shape index (κ2) is 5.92. The zero-order chi connectivity index (χ0) is 14.7. The summed E-state index contributed by atoms with van der Waals surface area (Å²) in [5.41, 5.74) is 0.0580. The topological polar surface area (TPSA) is 80.5 Å². The molecule has 1 atom stereocenters. The number of carboxylic acid groups (broad SMARTS) is 1. The molecule has 1 aliphatic heterocycles. The number of pyridine rings is 1. The SMILES string of the molecule is O=C(O)c1cccc(N2CCOC(Cn3cccn3)C2)n1. The van der Waals surface area contributed by atoms with Crippen LogP contribution >= 0.6 is 0 Å². The van der Waals surface area contributed by atoms with Crippen molar-refractivity contribution >= 4 is 11.8 Å². The second-order valence-electron chi connectivity index (χ2n) is 4.85. The lowest BCUT2D eigenvalue weighted by Gasteiger charge is -2.33. The first kappa shape index (κ1) is 13.6. The van der Waals surface area contributed by atoms with Crippen LogP contribution < -0.4 is 4.90 Å². The number of anilines is 1. The van der Waals surface area contributed by atoms with Gasteiger partial charge in [0.2, 0.25) is 0 Å². The molecule has 3 rings (SSSR count). The summed E-state index contributed by atoms with van der Waals surface area (Å²) in [6.45, 7) is 2.62. The molecule has 0 spiro atoms. The minimum atomic E-state index is -1.02. The fourth-order valence-corrected chi connectivity index (χ4v) is 2.37. The first-order valence-electron chi connectivity index (χ1n) is 6.77. The van der Waals surface area contributed by atoms with E-state index >= 15 is 0 Å². The second-order valence-corrected chi connectivity index (χ2v) is 4.85. The number of hydrogen-bond donors (Lipinski definition) is 1. The van der Waals surface area contributed by atoms with Crippen molar-refractivity contribution in [3.8, 4) is 0 Å². The predicted molar refractivity (Wildman–Crippen MR) is 75.4 cm³/mol. The number of rotatable bonds is 4. The van der Waals surface area contributed by atoms with E-state index in [4.69, 9.17) is 9.84 Å². The number of ether oxygens (including phenoxy) is 1. The van der Waals surface area contributed by atoms with Gasteiger partial charge in [-0.1, -0.05) is 6.07 Å². The highest BCUT2D eigenvalue weighted by Gasteiger charge is 2.22. The molecule has 0 saturated carbocycles. The first-order valence-corrected chi connectivity index (χ1v) is 6.77. The molecular formula is C14H16N4O3. The van der Waals surface area contributed by atoms with Crippen molar-refractivity contribution in [1.82, 2.24) is 14.8 Å². The Morgan fingerprint density at radius 2 is 2.33 bits per heavy atom. The van der Waals surface area contributed by atoms with Crippen LogP contribution in [0, 0.1) is 0 Å². The van der Waals surface area contributed by atoms with E-state index in [2.05, 4.69) is 10.1 Å². The van der Waals surface area contributed by atoms with Crippen molar-refractivity contribution in [2.45, 2.75) is 12.6 Å². The number of aromatic nitrogens is 3. The van der Waals surface area contributed by atoms with Crippen molar-refractivity contribution in [1.29, 1.82) is 0 Å². The summed E-state index contributed by atoms with van der Waals surface area (Å²) in [6.07, 6.45) is 3.64. The summed E-state index contributed by atoms with van der Waals surface area (Å²) < 4.78 is 7.56. The summed E-state index contributed by atoms with van der Waals surface area (Å²) in [4.78, 5) is 17.2. The van der Waals surface area contributed by atoms with Gasteiger partial charge in [-0.25, -0.2) is 9.78 Å². The average Bonchev–Trinajstić information content (AvgIpc) is 3.00. The standard InChI is InChI=1S/C14H16N4O3/c19-14(20)12-3-1-4-13(16-12)17-7-8-21-11(9-17)10-18-6-2-5-15-18/h1-6,11H,7-10H2,(H,19,20). The minimum absolute atomic E-state index is 0.00827. The molecule has 7 nitrogen and oxygen atoms in total. The highest BCUT2D eigenvalue weighted by atomic mass is 16.5. The summed E-state index contributed by atoms with van der Waals surface area (Å²) in [6, 6.07) is 6.90. The van der Waals surface area contributed by atoms with Crippen molar-refractivity contribution < 1.29 is 14.6 Å². The third kappa shape index (κ3) is 3.19. The Hall–Kier alpha value is -2.41. The van der Waals surface area contributed by atoms with E-state index in [1.807, 2.05) is 27.9 Å². The number of nitrogens with zero attached hydrogens (tertiary/aromatic N) is 4. The number of hydrogen-bond acceptors (Lipinski definition) is 5. The van der Waals surface area contributed by atoms with Crippen LogP contribution in [0.5, 0.6) is 0 Å². The molecule has 1 fully saturated rings. The van der Waals surface area contributed by atoms with Crippen LogP contribution in [0.4, 0.5) is 5.82 Å². The Balaban J connectivity index is 1.70. The van der Waals surface area contributed by atoms with E-state index < -0.39 is 5.97 Å². The summed E-state index contributed by atoms with van der Waals surface area (Å²) in [5, 5.41) is 13.2. The van der Waals surface area contributed by atoms with Gasteiger partial charge in [0.15, 0.2) is 5.69 Å². The molecular weight excluding hydrogens is 272 g/mol. The molecule has 7 heteroatoms. The number of morpholine rings is 1. The molecule has 0 aliphatic carbocycles. The largest absolute Gasteiger partial charge is 0.477 e. The molecule has 1 saturated heterocycles. The Morgan fingerprint density at radius 1 is 1.43 bits per heavy atom. The smallest absolute Gasteiger partial charge is 0.354 e. The maximum Gasteiger partial charge on any atom is 0.354 e. The van der Waals surface area contributed by atoms with Crippen LogP contribution in [0.3, 0.4) is 0 Å². The van der Waals surface area contributed by atoms with E-state index in [0.717, 1.165) is 0 Å². The lowest BCUT2D eigenvalue weighted by Crippen LogP contribution is -2.44. The van der Waals surface area contributed by atoms with Crippen LogP contribution in [-0.4, -0.2) is 51.6 Å². The predicted octanol–water partition coefficient (Wildman–Crippen LogP) is 0.882. The highest BCUT2D eigenvalue weighted by Crippen LogP contribution is 2.16. The van der Waals surface area contributed by atoms with Gasteiger partial charge in [-0.15, -0.1) is 0 Å². The molecule has 1 aliphatic rings. The summed E-state index contributed by atoms with van der Waals surface area (Å²) in [7, 11) is 0. The highest BCUT2D eigenvalue weighted by molar-refractivity contribution is 5.85. The van der Waals surface area contributed by atoms with Crippen molar-refractivity contribution in [2.24, 2.45) is 0 Å². The summed E-state index contributed by atoms with van der Waals surface area (Å²) in [5.74, 6) is -0.345. The van der Waals surface area contributed by atoms with Gasteiger partial charge in [0.1, 0.15) is 5.82 Å². The Labute approximate surface area is 121 Å². The van der Waals surface area contributed by atoms with Crippen molar-refractivity contribution in [3.63, 3.8) is 0 Å². The van der Waals surface area contributed by atoms with E-state index in [9.17, 15) is 4.79 Å². The van der Waals surface area contributed by atoms with Gasteiger partial charge in [0.05, 0.1) is 19.3 Å². The third-order valence-corrected chi connectivity index (χ3v) is 3.37. The molecule has 21 heavy (non-hydrogen) atoms. The van der Waals surface area contributed by atoms with Crippen molar-refractivity contribution in [3.05, 3.63) is 42.4 Å². The monoisotopic (exact) mass is 288 g/mol. The molecule has 1 N–H and O–H groups in total. The van der Waals surface area contributed by atoms with Gasteiger partial charge in [-0.3, -0.25) is 4.68 Å². The molecule has 0 bridgehead atoms. The van der Waals surface area contributed by atoms with E-state index in [0.29, 0.717) is 32.1 Å². The number of aromatic carboxylic acids is 1. The number of carbonyl (C=O) groups is 1. The molecule has 2 aromatic heterocycles. The minimum Gasteiger partial charge on any atom is -0.477 e. The zero-order valence-electron chi connectivity index (χ0n) is 11.4. The molecule has 2 aromatic rings. The van der Waals surface area contributed by atoms with Gasteiger partial charge in [-0.05, 0) is 18.2 Å². The van der Waals surface area contributed by atoms with Crippen LogP contribution in [0.25, 0.3) is 0 Å². The molecule has 110 valence electrons. The zero-order valence-corrected chi connectivity index (χ0v) is 11.4. The van der Waals surface area contributed by atoms with Crippen LogP contribution in [0.15, 0.2) is 36.7 Å². The lowest BCUT2D eigenvalue weighted by molar-refractivity contribution is 0.0272. The van der Waals surface area contributed by atoms with Crippen LogP contribution in [0.2, 0.25) is 0 Å². The fourth-order valence-electron chi connectivity index (χ4n) is 2.37. The normalized spacial score (nSPS) is 18.7. The van der Waals surface area contributed by atoms with Gasteiger partial charge in [0.25, 0.3) is 0 Å². The van der Waals surface area contributed by atoms with Crippen molar-refractivity contribution in [2.75, 3.05) is 24.6 Å². The van der Waals surface area contributed by atoms with Gasteiger partial charge in [0, 0.05) is 25.5 Å². The van der Waals surface area contributed by atoms with Gasteiger partial charge < -0.3 is 14.7 Å². The molecule has 0 radical (unpaired) electrons. The Kier molecular flexibility index (Phi) is 3.83. The average molecular weight is 288 g/mol. The fraction of sp³-hybridized carbons (Fsp3) is 0.357. The quantitative estimate of drug-likeness (QED) is 0.899. The summed E-state index contributed by atoms with van der Waals surface area (Å²) >= 11 is 0. The van der Waals surface area contributed by atoms with Gasteiger partial charge in [-0.2, -0.15) is 5.10 Å². The number of carboxylic acids is 1. The Bertz CT molecular complexity index is 614. The first-order chi connectivity index (χ1) is 10.2.